The number of hydrogen-bond acceptors (Lipinski definition) is 3. The van der Waals surface area contributed by atoms with Gasteiger partial charge in [0.25, 0.3) is 0 Å². The Labute approximate surface area is 153 Å². The Morgan fingerprint density at radius 2 is 2.00 bits per heavy atom. The average Bonchev–Trinajstić information content (AvgIpc) is 3.51. The van der Waals surface area contributed by atoms with Crippen LogP contribution in [-0.4, -0.2) is 29.9 Å². The van der Waals surface area contributed by atoms with E-state index in [1.807, 2.05) is 24.3 Å². The number of amides is 2. The predicted molar refractivity (Wildman–Crippen MR) is 99.6 cm³/mol. The number of para-hydroxylation sites is 1. The molecular formula is C21H20N2O3. The number of terminal acetylenes is 1. The molecule has 1 aliphatic carbocycles. The number of methoxy groups -OCH3 is 1. The van der Waals surface area contributed by atoms with Crippen molar-refractivity contribution in [3.05, 3.63) is 59.7 Å². The fourth-order valence-corrected chi connectivity index (χ4v) is 2.77. The molecule has 0 atom stereocenters. The monoisotopic (exact) mass is 348 g/mol. The van der Waals surface area contributed by atoms with Crippen molar-refractivity contribution in [1.29, 1.82) is 0 Å². The molecule has 0 aromatic heterocycles. The molecule has 0 saturated heterocycles. The number of carbonyl (C=O) groups excluding carboxylic acids is 2. The number of hydrogen-bond donors (Lipinski definition) is 1. The van der Waals surface area contributed by atoms with Gasteiger partial charge >= 0.3 is 11.8 Å². The Morgan fingerprint density at radius 3 is 2.69 bits per heavy atom. The van der Waals surface area contributed by atoms with Crippen LogP contribution in [0.15, 0.2) is 48.5 Å². The maximum Gasteiger partial charge on any atom is 0.313 e. The number of carbonyl (C=O) groups is 2. The quantitative estimate of drug-likeness (QED) is 0.668. The van der Waals surface area contributed by atoms with Crippen LogP contribution in [0.25, 0.3) is 0 Å². The summed E-state index contributed by atoms with van der Waals surface area (Å²) in [4.78, 5) is 26.8. The third-order valence-electron chi connectivity index (χ3n) is 4.26. The number of benzene rings is 2. The Kier molecular flexibility index (Phi) is 5.23. The van der Waals surface area contributed by atoms with Crippen molar-refractivity contribution in [2.75, 3.05) is 12.4 Å². The lowest BCUT2D eigenvalue weighted by Crippen LogP contribution is -2.40. The van der Waals surface area contributed by atoms with Gasteiger partial charge in [0, 0.05) is 22.9 Å². The second kappa shape index (κ2) is 7.75. The summed E-state index contributed by atoms with van der Waals surface area (Å²) in [7, 11) is 1.59. The van der Waals surface area contributed by atoms with Crippen LogP contribution in [0.3, 0.4) is 0 Å². The van der Waals surface area contributed by atoms with Crippen molar-refractivity contribution < 1.29 is 14.3 Å². The summed E-state index contributed by atoms with van der Waals surface area (Å²) in [5, 5.41) is 2.64. The van der Waals surface area contributed by atoms with Crippen LogP contribution in [0, 0.1) is 12.3 Å². The third-order valence-corrected chi connectivity index (χ3v) is 4.26. The lowest BCUT2D eigenvalue weighted by Gasteiger charge is -2.23. The minimum Gasteiger partial charge on any atom is -0.496 e. The summed E-state index contributed by atoms with van der Waals surface area (Å²) in [5.74, 6) is 1.99. The van der Waals surface area contributed by atoms with Gasteiger partial charge in [0.15, 0.2) is 0 Å². The molecular weight excluding hydrogens is 328 g/mol. The zero-order valence-corrected chi connectivity index (χ0v) is 14.6. The highest BCUT2D eigenvalue weighted by atomic mass is 16.5. The van der Waals surface area contributed by atoms with Crippen LogP contribution in [0.1, 0.15) is 24.0 Å². The van der Waals surface area contributed by atoms with Crippen molar-refractivity contribution in [2.24, 2.45) is 0 Å². The summed E-state index contributed by atoms with van der Waals surface area (Å²) in [6, 6.07) is 14.5. The standard InChI is InChI=1S/C21H20N2O3/c1-3-15-7-6-9-17(13-15)22-20(24)21(25)23(18-11-12-18)14-16-8-4-5-10-19(16)26-2/h1,4-10,13,18H,11-12,14H2,2H3,(H,22,24). The van der Waals surface area contributed by atoms with E-state index in [2.05, 4.69) is 11.2 Å². The zero-order valence-electron chi connectivity index (χ0n) is 14.6. The first-order valence-electron chi connectivity index (χ1n) is 8.43. The predicted octanol–water partition coefficient (Wildman–Crippen LogP) is 2.81. The Morgan fingerprint density at radius 1 is 1.23 bits per heavy atom. The van der Waals surface area contributed by atoms with E-state index in [1.165, 1.54) is 0 Å². The van der Waals surface area contributed by atoms with E-state index < -0.39 is 11.8 Å². The van der Waals surface area contributed by atoms with E-state index in [0.29, 0.717) is 23.5 Å². The first-order chi connectivity index (χ1) is 12.6. The molecule has 0 bridgehead atoms. The first kappa shape index (κ1) is 17.6. The van der Waals surface area contributed by atoms with Crippen molar-refractivity contribution >= 4 is 17.5 Å². The van der Waals surface area contributed by atoms with Gasteiger partial charge in [-0.05, 0) is 37.1 Å². The summed E-state index contributed by atoms with van der Waals surface area (Å²) < 4.78 is 5.35. The molecule has 3 rings (SSSR count). The number of nitrogens with zero attached hydrogens (tertiary/aromatic N) is 1. The van der Waals surface area contributed by atoms with Gasteiger partial charge in [-0.3, -0.25) is 9.59 Å². The minimum absolute atomic E-state index is 0.0928. The molecule has 5 heteroatoms. The van der Waals surface area contributed by atoms with E-state index in [1.54, 1.807) is 36.3 Å². The van der Waals surface area contributed by atoms with Gasteiger partial charge in [0.2, 0.25) is 0 Å². The van der Waals surface area contributed by atoms with Gasteiger partial charge in [-0.2, -0.15) is 0 Å². The molecule has 1 fully saturated rings. The summed E-state index contributed by atoms with van der Waals surface area (Å²) in [6.07, 6.45) is 7.18. The number of rotatable bonds is 5. The molecule has 26 heavy (non-hydrogen) atoms. The SMILES string of the molecule is C#Cc1cccc(NC(=O)C(=O)N(Cc2ccccc2OC)C2CC2)c1. The van der Waals surface area contributed by atoms with Gasteiger partial charge < -0.3 is 15.0 Å². The second-order valence-electron chi connectivity index (χ2n) is 6.16. The van der Waals surface area contributed by atoms with Crippen LogP contribution in [-0.2, 0) is 16.1 Å². The highest BCUT2D eigenvalue weighted by Gasteiger charge is 2.36. The molecule has 0 unspecified atom stereocenters. The van der Waals surface area contributed by atoms with Gasteiger partial charge in [0.05, 0.1) is 13.7 Å². The maximum atomic E-state index is 12.7. The van der Waals surface area contributed by atoms with Crippen molar-refractivity contribution in [3.63, 3.8) is 0 Å². The van der Waals surface area contributed by atoms with Crippen molar-refractivity contribution in [2.45, 2.75) is 25.4 Å². The molecule has 2 amide bonds. The van der Waals surface area contributed by atoms with E-state index in [0.717, 1.165) is 18.4 Å². The molecule has 1 saturated carbocycles. The van der Waals surface area contributed by atoms with Crippen LogP contribution in [0.5, 0.6) is 5.75 Å². The largest absolute Gasteiger partial charge is 0.496 e. The van der Waals surface area contributed by atoms with E-state index >= 15 is 0 Å². The molecule has 1 N–H and O–H groups in total. The third kappa shape index (κ3) is 4.04. The molecule has 0 spiro atoms. The number of anilines is 1. The molecule has 0 heterocycles. The van der Waals surface area contributed by atoms with Gasteiger partial charge in [-0.15, -0.1) is 6.42 Å². The molecule has 132 valence electrons. The smallest absolute Gasteiger partial charge is 0.313 e. The average molecular weight is 348 g/mol. The second-order valence-corrected chi connectivity index (χ2v) is 6.16. The van der Waals surface area contributed by atoms with E-state index in [9.17, 15) is 9.59 Å². The Balaban J connectivity index is 1.74. The molecule has 2 aromatic rings. The van der Waals surface area contributed by atoms with Crippen LogP contribution in [0.2, 0.25) is 0 Å². The van der Waals surface area contributed by atoms with Crippen LogP contribution < -0.4 is 10.1 Å². The van der Waals surface area contributed by atoms with Gasteiger partial charge in [-0.1, -0.05) is 30.2 Å². The molecule has 0 aliphatic heterocycles. The zero-order chi connectivity index (χ0) is 18.5. The fraction of sp³-hybridized carbons (Fsp3) is 0.238. The number of nitrogens with one attached hydrogen (secondary N) is 1. The Bertz CT molecular complexity index is 866. The van der Waals surface area contributed by atoms with Gasteiger partial charge in [0.1, 0.15) is 5.75 Å². The normalized spacial score (nSPS) is 12.8. The van der Waals surface area contributed by atoms with E-state index in [-0.39, 0.29) is 6.04 Å². The molecule has 5 nitrogen and oxygen atoms in total. The highest BCUT2D eigenvalue weighted by molar-refractivity contribution is 6.39. The Hall–Kier alpha value is -3.26. The van der Waals surface area contributed by atoms with Crippen LogP contribution in [0.4, 0.5) is 5.69 Å². The highest BCUT2D eigenvalue weighted by Crippen LogP contribution is 2.30. The molecule has 2 aromatic carbocycles. The maximum absolute atomic E-state index is 12.7. The molecule has 0 radical (unpaired) electrons. The van der Waals surface area contributed by atoms with Gasteiger partial charge in [-0.25, -0.2) is 0 Å². The van der Waals surface area contributed by atoms with E-state index in [4.69, 9.17) is 11.2 Å². The summed E-state index contributed by atoms with van der Waals surface area (Å²) >= 11 is 0. The van der Waals surface area contributed by atoms with Crippen molar-refractivity contribution in [1.82, 2.24) is 4.90 Å². The summed E-state index contributed by atoms with van der Waals surface area (Å²) in [6.45, 7) is 0.339. The lowest BCUT2D eigenvalue weighted by atomic mass is 10.1. The molecule has 1 aliphatic rings. The topological polar surface area (TPSA) is 58.6 Å². The summed E-state index contributed by atoms with van der Waals surface area (Å²) in [5.41, 5.74) is 2.02. The van der Waals surface area contributed by atoms with Crippen molar-refractivity contribution in [3.8, 4) is 18.1 Å². The van der Waals surface area contributed by atoms with Crippen LogP contribution >= 0.6 is 0 Å². The fourth-order valence-electron chi connectivity index (χ4n) is 2.77. The lowest BCUT2D eigenvalue weighted by molar-refractivity contribution is -0.144. The first-order valence-corrected chi connectivity index (χ1v) is 8.43. The minimum atomic E-state index is -0.666. The number of ether oxygens (including phenoxy) is 1.